The van der Waals surface area contributed by atoms with Gasteiger partial charge in [-0.25, -0.2) is 4.39 Å². The monoisotopic (exact) mass is 398 g/mol. The average molecular weight is 399 g/mol. The first-order chi connectivity index (χ1) is 14.1. The van der Waals surface area contributed by atoms with Gasteiger partial charge >= 0.3 is 0 Å². The summed E-state index contributed by atoms with van der Waals surface area (Å²) in [6.07, 6.45) is 1.98. The van der Waals surface area contributed by atoms with E-state index in [0.717, 1.165) is 61.9 Å². The van der Waals surface area contributed by atoms with Crippen LogP contribution in [0.25, 0.3) is 0 Å². The molecular formula is C23H31FN4O. The van der Waals surface area contributed by atoms with Gasteiger partial charge in [0, 0.05) is 45.0 Å². The van der Waals surface area contributed by atoms with E-state index < -0.39 is 0 Å². The van der Waals surface area contributed by atoms with E-state index in [-0.39, 0.29) is 5.82 Å². The van der Waals surface area contributed by atoms with Crippen molar-refractivity contribution in [2.45, 2.75) is 19.8 Å². The molecule has 5 nitrogen and oxygen atoms in total. The molecule has 1 aliphatic heterocycles. The summed E-state index contributed by atoms with van der Waals surface area (Å²) in [4.78, 5) is 6.73. The number of aryl methyl sites for hydroxylation is 1. The van der Waals surface area contributed by atoms with E-state index in [2.05, 4.69) is 32.7 Å². The first-order valence-corrected chi connectivity index (χ1v) is 10.2. The predicted octanol–water partition coefficient (Wildman–Crippen LogP) is 3.38. The quantitative estimate of drug-likeness (QED) is 0.555. The number of anilines is 1. The zero-order chi connectivity index (χ0) is 20.6. The first-order valence-electron chi connectivity index (χ1n) is 10.2. The number of halogens is 1. The van der Waals surface area contributed by atoms with Crippen LogP contribution in [0.2, 0.25) is 0 Å². The van der Waals surface area contributed by atoms with Crippen molar-refractivity contribution in [3.8, 4) is 5.75 Å². The maximum atomic E-state index is 13.2. The smallest absolute Gasteiger partial charge is 0.190 e. The molecular weight excluding hydrogens is 367 g/mol. The molecule has 6 heteroatoms. The minimum Gasteiger partial charge on any atom is -0.497 e. The lowest BCUT2D eigenvalue weighted by Gasteiger charge is -2.20. The largest absolute Gasteiger partial charge is 0.497 e. The molecule has 3 rings (SSSR count). The summed E-state index contributed by atoms with van der Waals surface area (Å²) >= 11 is 0. The lowest BCUT2D eigenvalue weighted by Crippen LogP contribution is -2.41. The molecule has 1 atom stereocenters. The van der Waals surface area contributed by atoms with E-state index in [1.807, 2.05) is 25.1 Å². The molecule has 1 fully saturated rings. The molecule has 0 saturated carbocycles. The minimum absolute atomic E-state index is 0.184. The highest BCUT2D eigenvalue weighted by atomic mass is 19.1. The zero-order valence-electron chi connectivity index (χ0n) is 17.5. The van der Waals surface area contributed by atoms with Gasteiger partial charge in [-0.3, -0.25) is 4.99 Å². The van der Waals surface area contributed by atoms with Gasteiger partial charge in [0.1, 0.15) is 11.6 Å². The number of ether oxygens (including phenoxy) is 1. The molecule has 29 heavy (non-hydrogen) atoms. The number of nitrogens with one attached hydrogen (secondary N) is 2. The minimum atomic E-state index is -0.184. The molecule has 0 amide bonds. The number of methoxy groups -OCH3 is 1. The average Bonchev–Trinajstić information content (AvgIpc) is 3.21. The van der Waals surface area contributed by atoms with Gasteiger partial charge in [-0.1, -0.05) is 12.1 Å². The van der Waals surface area contributed by atoms with E-state index in [4.69, 9.17) is 4.74 Å². The molecule has 2 aromatic rings. The van der Waals surface area contributed by atoms with Gasteiger partial charge in [-0.15, -0.1) is 0 Å². The van der Waals surface area contributed by atoms with E-state index >= 15 is 0 Å². The maximum absolute atomic E-state index is 13.2. The number of aliphatic imine (C=N–C) groups is 1. The zero-order valence-corrected chi connectivity index (χ0v) is 17.5. The summed E-state index contributed by atoms with van der Waals surface area (Å²) in [6.45, 7) is 5.66. The fourth-order valence-corrected chi connectivity index (χ4v) is 3.76. The van der Waals surface area contributed by atoms with Crippen LogP contribution >= 0.6 is 0 Å². The van der Waals surface area contributed by atoms with Crippen molar-refractivity contribution < 1.29 is 9.13 Å². The van der Waals surface area contributed by atoms with E-state index in [0.29, 0.717) is 5.92 Å². The SMILES string of the molecule is CN=C(NCCc1ccc(F)cc1C)NCC1CCN(c2cccc(OC)c2)C1. The Kier molecular flexibility index (Phi) is 7.33. The van der Waals surface area contributed by atoms with Crippen LogP contribution < -0.4 is 20.3 Å². The normalized spacial score (nSPS) is 16.8. The molecule has 1 aliphatic rings. The van der Waals surface area contributed by atoms with Crippen molar-refractivity contribution in [2.24, 2.45) is 10.9 Å². The van der Waals surface area contributed by atoms with Crippen LogP contribution in [0.1, 0.15) is 17.5 Å². The van der Waals surface area contributed by atoms with Crippen LogP contribution in [0.5, 0.6) is 5.75 Å². The Balaban J connectivity index is 1.42. The standard InChI is InChI=1S/C23H31FN4O/c1-17-13-20(24)8-7-19(17)9-11-26-23(25-2)27-15-18-10-12-28(16-18)21-5-4-6-22(14-21)29-3/h4-8,13-14,18H,9-12,15-16H2,1-3H3,(H2,25,26,27). The molecule has 0 aliphatic carbocycles. The lowest BCUT2D eigenvalue weighted by molar-refractivity contribution is 0.415. The summed E-state index contributed by atoms with van der Waals surface area (Å²) in [5.41, 5.74) is 3.35. The van der Waals surface area contributed by atoms with Crippen molar-refractivity contribution >= 4 is 11.6 Å². The van der Waals surface area contributed by atoms with Crippen molar-refractivity contribution in [2.75, 3.05) is 45.2 Å². The summed E-state index contributed by atoms with van der Waals surface area (Å²) < 4.78 is 18.6. The first kappa shape index (κ1) is 21.0. The van der Waals surface area contributed by atoms with Gasteiger partial charge in [0.2, 0.25) is 0 Å². The fraction of sp³-hybridized carbons (Fsp3) is 0.435. The van der Waals surface area contributed by atoms with Crippen LogP contribution in [0.3, 0.4) is 0 Å². The molecule has 1 saturated heterocycles. The Morgan fingerprint density at radius 3 is 2.86 bits per heavy atom. The second kappa shape index (κ2) is 10.1. The molecule has 1 unspecified atom stereocenters. The molecule has 0 radical (unpaired) electrons. The summed E-state index contributed by atoms with van der Waals surface area (Å²) in [6, 6.07) is 13.2. The van der Waals surface area contributed by atoms with Crippen LogP contribution in [0.4, 0.5) is 10.1 Å². The van der Waals surface area contributed by atoms with Gasteiger partial charge in [-0.05, 0) is 61.1 Å². The third kappa shape index (κ3) is 5.86. The summed E-state index contributed by atoms with van der Waals surface area (Å²) in [7, 11) is 3.49. The third-order valence-electron chi connectivity index (χ3n) is 5.48. The molecule has 0 spiro atoms. The van der Waals surface area contributed by atoms with Crippen LogP contribution in [0.15, 0.2) is 47.5 Å². The molecule has 156 valence electrons. The number of benzene rings is 2. The molecule has 2 aromatic carbocycles. The third-order valence-corrected chi connectivity index (χ3v) is 5.48. The van der Waals surface area contributed by atoms with Crippen molar-refractivity contribution in [1.82, 2.24) is 10.6 Å². The number of hydrogen-bond acceptors (Lipinski definition) is 3. The highest BCUT2D eigenvalue weighted by Gasteiger charge is 2.23. The number of rotatable bonds is 7. The maximum Gasteiger partial charge on any atom is 0.190 e. The Bertz CT molecular complexity index is 839. The second-order valence-corrected chi connectivity index (χ2v) is 7.50. The topological polar surface area (TPSA) is 48.9 Å². The molecule has 1 heterocycles. The molecule has 2 N–H and O–H groups in total. The van der Waals surface area contributed by atoms with Gasteiger partial charge in [0.25, 0.3) is 0 Å². The van der Waals surface area contributed by atoms with Gasteiger partial charge < -0.3 is 20.3 Å². The van der Waals surface area contributed by atoms with E-state index in [9.17, 15) is 4.39 Å². The van der Waals surface area contributed by atoms with Gasteiger partial charge in [0.15, 0.2) is 5.96 Å². The second-order valence-electron chi connectivity index (χ2n) is 7.50. The summed E-state index contributed by atoms with van der Waals surface area (Å²) in [5.74, 6) is 2.09. The molecule has 0 bridgehead atoms. The van der Waals surface area contributed by atoms with Crippen molar-refractivity contribution in [3.05, 3.63) is 59.4 Å². The Morgan fingerprint density at radius 2 is 2.10 bits per heavy atom. The Morgan fingerprint density at radius 1 is 1.24 bits per heavy atom. The van der Waals surface area contributed by atoms with Crippen LogP contribution in [-0.2, 0) is 6.42 Å². The van der Waals surface area contributed by atoms with Crippen LogP contribution in [-0.4, -0.2) is 46.3 Å². The Hall–Kier alpha value is -2.76. The fourth-order valence-electron chi connectivity index (χ4n) is 3.76. The Labute approximate surface area is 173 Å². The highest BCUT2D eigenvalue weighted by molar-refractivity contribution is 5.79. The van der Waals surface area contributed by atoms with Crippen molar-refractivity contribution in [1.29, 1.82) is 0 Å². The van der Waals surface area contributed by atoms with E-state index in [1.165, 1.54) is 11.8 Å². The number of hydrogen-bond donors (Lipinski definition) is 2. The number of guanidine groups is 1. The highest BCUT2D eigenvalue weighted by Crippen LogP contribution is 2.26. The predicted molar refractivity (Wildman–Crippen MR) is 118 cm³/mol. The summed E-state index contributed by atoms with van der Waals surface area (Å²) in [5, 5.41) is 6.80. The van der Waals surface area contributed by atoms with Crippen molar-refractivity contribution in [3.63, 3.8) is 0 Å². The van der Waals surface area contributed by atoms with Gasteiger partial charge in [-0.2, -0.15) is 0 Å². The van der Waals surface area contributed by atoms with Crippen LogP contribution in [0, 0.1) is 18.7 Å². The van der Waals surface area contributed by atoms with E-state index in [1.54, 1.807) is 20.2 Å². The molecule has 0 aromatic heterocycles. The van der Waals surface area contributed by atoms with Gasteiger partial charge in [0.05, 0.1) is 7.11 Å². The lowest BCUT2D eigenvalue weighted by atomic mass is 10.1. The number of nitrogens with zero attached hydrogens (tertiary/aromatic N) is 2.